The second-order valence-electron chi connectivity index (χ2n) is 5.06. The van der Waals surface area contributed by atoms with Crippen LogP contribution < -0.4 is 16.8 Å². The molecule has 0 spiro atoms. The van der Waals surface area contributed by atoms with E-state index in [9.17, 15) is 9.59 Å². The Bertz CT molecular complexity index is 663. The van der Waals surface area contributed by atoms with Gasteiger partial charge in [-0.3, -0.25) is 14.3 Å². The van der Waals surface area contributed by atoms with Crippen LogP contribution in [0.4, 0.5) is 5.82 Å². The fourth-order valence-corrected chi connectivity index (χ4v) is 1.91. The van der Waals surface area contributed by atoms with Crippen molar-refractivity contribution in [3.63, 3.8) is 0 Å². The summed E-state index contributed by atoms with van der Waals surface area (Å²) in [4.78, 5) is 22.8. The van der Waals surface area contributed by atoms with E-state index < -0.39 is 11.9 Å². The van der Waals surface area contributed by atoms with Crippen LogP contribution in [0.5, 0.6) is 0 Å². The molecule has 7 nitrogen and oxygen atoms in total. The molecule has 0 saturated heterocycles. The van der Waals surface area contributed by atoms with Gasteiger partial charge in [0.15, 0.2) is 5.82 Å². The van der Waals surface area contributed by atoms with Crippen LogP contribution in [0, 0.1) is 6.92 Å². The fourth-order valence-electron chi connectivity index (χ4n) is 1.91. The predicted octanol–water partition coefficient (Wildman–Crippen LogP) is 0.705. The molecule has 1 atom stereocenters. The predicted molar refractivity (Wildman–Crippen MR) is 82.8 cm³/mol. The number of primary amides is 1. The van der Waals surface area contributed by atoms with Crippen LogP contribution in [0.3, 0.4) is 0 Å². The van der Waals surface area contributed by atoms with Gasteiger partial charge in [-0.15, -0.1) is 0 Å². The summed E-state index contributed by atoms with van der Waals surface area (Å²) in [6.07, 6.45) is 1.86. The van der Waals surface area contributed by atoms with E-state index in [4.69, 9.17) is 11.5 Å². The zero-order chi connectivity index (χ0) is 16.1. The van der Waals surface area contributed by atoms with Gasteiger partial charge in [-0.2, -0.15) is 5.10 Å². The Balaban J connectivity index is 1.96. The van der Waals surface area contributed by atoms with E-state index in [0.717, 1.165) is 11.1 Å². The number of nitrogens with zero attached hydrogens (tertiary/aromatic N) is 2. The van der Waals surface area contributed by atoms with Gasteiger partial charge in [-0.1, -0.05) is 29.8 Å². The summed E-state index contributed by atoms with van der Waals surface area (Å²) >= 11 is 0. The summed E-state index contributed by atoms with van der Waals surface area (Å²) in [6, 6.07) is 8.33. The van der Waals surface area contributed by atoms with Crippen molar-refractivity contribution in [2.24, 2.45) is 11.5 Å². The molecule has 22 heavy (non-hydrogen) atoms. The van der Waals surface area contributed by atoms with Gasteiger partial charge in [0.2, 0.25) is 11.8 Å². The van der Waals surface area contributed by atoms with Gasteiger partial charge in [0.25, 0.3) is 0 Å². The van der Waals surface area contributed by atoms with Crippen LogP contribution in [-0.4, -0.2) is 21.6 Å². The SMILES string of the molecule is Cc1ccc(C(N)C(=O)Nc2ccn(CCC(N)=O)n2)cc1. The maximum absolute atomic E-state index is 12.1. The van der Waals surface area contributed by atoms with Crippen LogP contribution in [0.2, 0.25) is 0 Å². The molecule has 2 rings (SSSR count). The maximum Gasteiger partial charge on any atom is 0.247 e. The Hall–Kier alpha value is -2.67. The molecule has 116 valence electrons. The van der Waals surface area contributed by atoms with Gasteiger partial charge in [-0.05, 0) is 12.5 Å². The molecule has 0 bridgehead atoms. The number of carbonyl (C=O) groups excluding carboxylic acids is 2. The monoisotopic (exact) mass is 301 g/mol. The molecule has 1 aromatic carbocycles. The number of anilines is 1. The summed E-state index contributed by atoms with van der Waals surface area (Å²) < 4.78 is 1.54. The van der Waals surface area contributed by atoms with Gasteiger partial charge >= 0.3 is 0 Å². The first-order valence-corrected chi connectivity index (χ1v) is 6.90. The zero-order valence-electron chi connectivity index (χ0n) is 12.3. The van der Waals surface area contributed by atoms with Gasteiger partial charge in [0.05, 0.1) is 0 Å². The van der Waals surface area contributed by atoms with Crippen molar-refractivity contribution in [1.29, 1.82) is 0 Å². The lowest BCUT2D eigenvalue weighted by Crippen LogP contribution is -2.28. The summed E-state index contributed by atoms with van der Waals surface area (Å²) in [5.41, 5.74) is 12.8. The number of aromatic nitrogens is 2. The van der Waals surface area contributed by atoms with Crippen LogP contribution in [-0.2, 0) is 16.1 Å². The van der Waals surface area contributed by atoms with E-state index in [2.05, 4.69) is 10.4 Å². The van der Waals surface area contributed by atoms with Crippen molar-refractivity contribution in [3.8, 4) is 0 Å². The quantitative estimate of drug-likeness (QED) is 0.728. The standard InChI is InChI=1S/C15H19N5O2/c1-10-2-4-11(5-3-10)14(17)15(22)18-13-7-9-20(19-13)8-6-12(16)21/h2-5,7,9,14H,6,8,17H2,1H3,(H2,16,21)(H,18,19,22). The number of benzene rings is 1. The van der Waals surface area contributed by atoms with E-state index >= 15 is 0 Å². The average Bonchev–Trinajstić information content (AvgIpc) is 2.92. The summed E-state index contributed by atoms with van der Waals surface area (Å²) in [5.74, 6) is -0.358. The topological polar surface area (TPSA) is 116 Å². The van der Waals surface area contributed by atoms with Gasteiger partial charge < -0.3 is 16.8 Å². The summed E-state index contributed by atoms with van der Waals surface area (Å²) in [5, 5.41) is 6.78. The fraction of sp³-hybridized carbons (Fsp3) is 0.267. The maximum atomic E-state index is 12.1. The lowest BCUT2D eigenvalue weighted by Gasteiger charge is -2.11. The van der Waals surface area contributed by atoms with Crippen molar-refractivity contribution >= 4 is 17.6 Å². The largest absolute Gasteiger partial charge is 0.370 e. The molecule has 1 aromatic heterocycles. The van der Waals surface area contributed by atoms with E-state index in [-0.39, 0.29) is 12.3 Å². The molecule has 2 aromatic rings. The number of nitrogens with one attached hydrogen (secondary N) is 1. The molecule has 0 aliphatic heterocycles. The van der Waals surface area contributed by atoms with Crippen LogP contribution in [0.25, 0.3) is 0 Å². The Kier molecular flexibility index (Phi) is 4.90. The Morgan fingerprint density at radius 2 is 1.95 bits per heavy atom. The molecule has 7 heteroatoms. The second kappa shape index (κ2) is 6.86. The molecule has 1 unspecified atom stereocenters. The minimum atomic E-state index is -0.767. The number of rotatable bonds is 6. The van der Waals surface area contributed by atoms with Crippen molar-refractivity contribution in [1.82, 2.24) is 9.78 Å². The molecular formula is C15H19N5O2. The number of amides is 2. The minimum absolute atomic E-state index is 0.192. The number of carbonyl (C=O) groups is 2. The van der Waals surface area contributed by atoms with Crippen molar-refractivity contribution in [2.75, 3.05) is 5.32 Å². The highest BCUT2D eigenvalue weighted by atomic mass is 16.2. The van der Waals surface area contributed by atoms with E-state index in [1.165, 1.54) is 4.68 Å². The molecule has 0 saturated carbocycles. The van der Waals surface area contributed by atoms with Crippen molar-refractivity contribution < 1.29 is 9.59 Å². The van der Waals surface area contributed by atoms with E-state index in [1.807, 2.05) is 31.2 Å². The first-order chi connectivity index (χ1) is 10.5. The Labute approximate surface area is 128 Å². The normalized spacial score (nSPS) is 11.9. The third-order valence-electron chi connectivity index (χ3n) is 3.20. The number of aryl methyl sites for hydroxylation is 2. The zero-order valence-corrected chi connectivity index (χ0v) is 12.3. The third-order valence-corrected chi connectivity index (χ3v) is 3.20. The average molecular weight is 301 g/mol. The lowest BCUT2D eigenvalue weighted by molar-refractivity contribution is -0.118. The molecule has 5 N–H and O–H groups in total. The highest BCUT2D eigenvalue weighted by molar-refractivity contribution is 5.94. The van der Waals surface area contributed by atoms with Crippen molar-refractivity contribution in [3.05, 3.63) is 47.7 Å². The minimum Gasteiger partial charge on any atom is -0.370 e. The third kappa shape index (κ3) is 4.16. The highest BCUT2D eigenvalue weighted by Gasteiger charge is 2.16. The smallest absolute Gasteiger partial charge is 0.247 e. The van der Waals surface area contributed by atoms with Crippen LogP contribution >= 0.6 is 0 Å². The highest BCUT2D eigenvalue weighted by Crippen LogP contribution is 2.14. The first-order valence-electron chi connectivity index (χ1n) is 6.90. The number of hydrogen-bond acceptors (Lipinski definition) is 4. The molecule has 2 amide bonds. The molecular weight excluding hydrogens is 282 g/mol. The van der Waals surface area contributed by atoms with E-state index in [1.54, 1.807) is 12.3 Å². The first kappa shape index (κ1) is 15.7. The van der Waals surface area contributed by atoms with Gasteiger partial charge in [0, 0.05) is 25.2 Å². The number of hydrogen-bond donors (Lipinski definition) is 3. The molecule has 0 aliphatic carbocycles. The van der Waals surface area contributed by atoms with Crippen LogP contribution in [0.15, 0.2) is 36.5 Å². The Morgan fingerprint density at radius 3 is 2.59 bits per heavy atom. The molecule has 0 radical (unpaired) electrons. The summed E-state index contributed by atoms with van der Waals surface area (Å²) in [7, 11) is 0. The molecule has 1 heterocycles. The summed E-state index contributed by atoms with van der Waals surface area (Å²) in [6.45, 7) is 2.34. The molecule has 0 aliphatic rings. The Morgan fingerprint density at radius 1 is 1.27 bits per heavy atom. The van der Waals surface area contributed by atoms with Gasteiger partial charge in [0.1, 0.15) is 6.04 Å². The lowest BCUT2D eigenvalue weighted by atomic mass is 10.1. The van der Waals surface area contributed by atoms with Crippen molar-refractivity contribution in [2.45, 2.75) is 25.9 Å². The van der Waals surface area contributed by atoms with Crippen LogP contribution in [0.1, 0.15) is 23.6 Å². The van der Waals surface area contributed by atoms with E-state index in [0.29, 0.717) is 12.4 Å². The van der Waals surface area contributed by atoms with Gasteiger partial charge in [-0.25, -0.2) is 0 Å². The molecule has 0 fully saturated rings. The number of nitrogens with two attached hydrogens (primary N) is 2. The second-order valence-corrected chi connectivity index (χ2v) is 5.06.